The topological polar surface area (TPSA) is 63.7 Å². The van der Waals surface area contributed by atoms with Gasteiger partial charge in [0.05, 0.1) is 24.9 Å². The number of benzene rings is 1. The number of aryl methyl sites for hydroxylation is 1. The molecule has 2 aromatic rings. The molecule has 2 heterocycles. The van der Waals surface area contributed by atoms with E-state index in [-0.39, 0.29) is 16.6 Å². The van der Waals surface area contributed by atoms with Crippen molar-refractivity contribution in [3.8, 4) is 0 Å². The maximum absolute atomic E-state index is 13.9. The van der Waals surface area contributed by atoms with Gasteiger partial charge in [0.15, 0.2) is 6.10 Å². The van der Waals surface area contributed by atoms with Gasteiger partial charge in [-0.15, -0.1) is 0 Å². The van der Waals surface area contributed by atoms with Gasteiger partial charge in [-0.25, -0.2) is 14.2 Å². The van der Waals surface area contributed by atoms with E-state index in [0.717, 1.165) is 60.2 Å². The first-order chi connectivity index (χ1) is 17.1. The molecule has 0 saturated carbocycles. The fourth-order valence-corrected chi connectivity index (χ4v) is 5.16. The Balaban J connectivity index is 2.16. The lowest BCUT2D eigenvalue weighted by molar-refractivity contribution is -0.164. The van der Waals surface area contributed by atoms with Crippen molar-refractivity contribution in [3.63, 3.8) is 0 Å². The number of nitrogens with one attached hydrogen (secondary N) is 1. The molecule has 204 valence electrons. The van der Waals surface area contributed by atoms with Crippen LogP contribution in [-0.4, -0.2) is 36.8 Å². The molecule has 8 heteroatoms. The molecule has 1 saturated heterocycles. The Hall–Kier alpha value is -2.38. The molecule has 2 atom stereocenters. The SMILES string of the molecule is COC(=O)C(OC(C)(C)C)c1c(C)c(N[C@@H](C)c2cc(F)cnc2Cl)cc(C)c1N1CCC(C)(C)CC1. The van der Waals surface area contributed by atoms with Gasteiger partial charge >= 0.3 is 5.97 Å². The first-order valence-electron chi connectivity index (χ1n) is 12.9. The van der Waals surface area contributed by atoms with Crippen molar-refractivity contribution in [2.24, 2.45) is 5.41 Å². The Morgan fingerprint density at radius 1 is 1.22 bits per heavy atom. The average Bonchev–Trinajstić information content (AvgIpc) is 2.80. The standard InChI is InChI=1S/C29H41ClFN3O3/c1-17-14-22(33-19(3)21-15-20(31)16-32-26(21)30)18(2)23(25(27(35)36-9)37-28(4,5)6)24(17)34-12-10-29(7,8)11-13-34/h14-16,19,25,33H,10-13H2,1-9H3/t19-,25?/m0/s1. The molecule has 1 fully saturated rings. The van der Waals surface area contributed by atoms with Gasteiger partial charge in [-0.2, -0.15) is 0 Å². The van der Waals surface area contributed by atoms with E-state index in [2.05, 4.69) is 42.0 Å². The summed E-state index contributed by atoms with van der Waals surface area (Å²) in [5, 5.41) is 3.72. The summed E-state index contributed by atoms with van der Waals surface area (Å²) in [5.74, 6) is -0.895. The maximum Gasteiger partial charge on any atom is 0.339 e. The van der Waals surface area contributed by atoms with Gasteiger partial charge in [0.25, 0.3) is 0 Å². The second-order valence-corrected chi connectivity index (χ2v) is 12.2. The summed E-state index contributed by atoms with van der Waals surface area (Å²) in [5.41, 5.74) is 4.75. The van der Waals surface area contributed by atoms with Crippen LogP contribution >= 0.6 is 11.6 Å². The van der Waals surface area contributed by atoms with Crippen LogP contribution in [0.5, 0.6) is 0 Å². The minimum Gasteiger partial charge on any atom is -0.467 e. The number of esters is 1. The number of anilines is 2. The molecule has 37 heavy (non-hydrogen) atoms. The molecular weight excluding hydrogens is 493 g/mol. The lowest BCUT2D eigenvalue weighted by Crippen LogP contribution is -2.39. The van der Waals surface area contributed by atoms with Gasteiger partial charge in [-0.3, -0.25) is 0 Å². The molecule has 1 aliphatic rings. The Bertz CT molecular complexity index is 1140. The Labute approximate surface area is 225 Å². The second kappa shape index (κ2) is 11.2. The van der Waals surface area contributed by atoms with Gasteiger partial charge in [0.1, 0.15) is 11.0 Å². The number of halogens is 2. The van der Waals surface area contributed by atoms with Gasteiger partial charge in [0, 0.05) is 35.6 Å². The molecular formula is C29H41ClFN3O3. The lowest BCUT2D eigenvalue weighted by Gasteiger charge is -2.41. The number of rotatable bonds is 7. The molecule has 6 nitrogen and oxygen atoms in total. The number of nitrogens with zero attached hydrogens (tertiary/aromatic N) is 2. The van der Waals surface area contributed by atoms with E-state index in [4.69, 9.17) is 21.1 Å². The predicted molar refractivity (Wildman–Crippen MR) is 148 cm³/mol. The van der Waals surface area contributed by atoms with E-state index < -0.39 is 23.5 Å². The number of carbonyl (C=O) groups excluding carboxylic acids is 1. The maximum atomic E-state index is 13.9. The number of ether oxygens (including phenoxy) is 2. The molecule has 0 spiro atoms. The molecule has 0 radical (unpaired) electrons. The Morgan fingerprint density at radius 3 is 2.41 bits per heavy atom. The molecule has 1 N–H and O–H groups in total. The quantitative estimate of drug-likeness (QED) is 0.297. The van der Waals surface area contributed by atoms with Crippen molar-refractivity contribution in [3.05, 3.63) is 51.6 Å². The minimum absolute atomic E-state index is 0.243. The van der Waals surface area contributed by atoms with Crippen molar-refractivity contribution in [2.75, 3.05) is 30.4 Å². The third kappa shape index (κ3) is 6.94. The van der Waals surface area contributed by atoms with Crippen molar-refractivity contribution in [1.29, 1.82) is 0 Å². The summed E-state index contributed by atoms with van der Waals surface area (Å²) in [4.78, 5) is 19.5. The number of methoxy groups -OCH3 is 1. The summed E-state index contributed by atoms with van der Waals surface area (Å²) >= 11 is 6.29. The van der Waals surface area contributed by atoms with Gasteiger partial charge in [0.2, 0.25) is 0 Å². The third-order valence-corrected chi connectivity index (χ3v) is 7.37. The van der Waals surface area contributed by atoms with E-state index in [1.54, 1.807) is 0 Å². The summed E-state index contributed by atoms with van der Waals surface area (Å²) in [6.45, 7) is 18.1. The summed E-state index contributed by atoms with van der Waals surface area (Å²) in [6, 6.07) is 3.14. The zero-order chi connectivity index (χ0) is 27.7. The highest BCUT2D eigenvalue weighted by Crippen LogP contribution is 2.43. The van der Waals surface area contributed by atoms with Crippen LogP contribution in [0.4, 0.5) is 15.8 Å². The van der Waals surface area contributed by atoms with Crippen LogP contribution in [0, 0.1) is 25.1 Å². The first-order valence-corrected chi connectivity index (χ1v) is 13.2. The van der Waals surface area contributed by atoms with Crippen molar-refractivity contribution < 1.29 is 18.7 Å². The monoisotopic (exact) mass is 533 g/mol. The molecule has 0 amide bonds. The number of carbonyl (C=O) groups is 1. The van der Waals surface area contributed by atoms with E-state index in [9.17, 15) is 9.18 Å². The largest absolute Gasteiger partial charge is 0.467 e. The van der Waals surface area contributed by atoms with Crippen LogP contribution < -0.4 is 10.2 Å². The van der Waals surface area contributed by atoms with Gasteiger partial charge in [-0.1, -0.05) is 25.4 Å². The normalized spacial score (nSPS) is 17.3. The number of hydrogen-bond acceptors (Lipinski definition) is 6. The van der Waals surface area contributed by atoms with E-state index >= 15 is 0 Å². The number of hydrogen-bond donors (Lipinski definition) is 1. The third-order valence-electron chi connectivity index (χ3n) is 7.05. The number of pyridine rings is 1. The number of piperidine rings is 1. The summed E-state index contributed by atoms with van der Waals surface area (Å²) in [6.07, 6.45) is 2.29. The van der Waals surface area contributed by atoms with Crippen LogP contribution in [0.15, 0.2) is 18.3 Å². The van der Waals surface area contributed by atoms with Gasteiger partial charge < -0.3 is 19.7 Å². The summed E-state index contributed by atoms with van der Waals surface area (Å²) in [7, 11) is 1.38. The van der Waals surface area contributed by atoms with E-state index in [0.29, 0.717) is 5.56 Å². The van der Waals surface area contributed by atoms with Crippen LogP contribution in [0.25, 0.3) is 0 Å². The van der Waals surface area contributed by atoms with Crippen LogP contribution in [-0.2, 0) is 14.3 Å². The van der Waals surface area contributed by atoms with Crippen molar-refractivity contribution in [2.45, 2.75) is 86.0 Å². The highest BCUT2D eigenvalue weighted by molar-refractivity contribution is 6.30. The zero-order valence-corrected chi connectivity index (χ0v) is 24.3. The molecule has 0 bridgehead atoms. The molecule has 1 aromatic carbocycles. The summed E-state index contributed by atoms with van der Waals surface area (Å²) < 4.78 is 25.5. The Morgan fingerprint density at radius 2 is 1.84 bits per heavy atom. The van der Waals surface area contributed by atoms with Crippen LogP contribution in [0.1, 0.15) is 88.8 Å². The Kier molecular flexibility index (Phi) is 8.80. The second-order valence-electron chi connectivity index (χ2n) is 11.8. The number of aromatic nitrogens is 1. The average molecular weight is 534 g/mol. The molecule has 1 aliphatic heterocycles. The van der Waals surface area contributed by atoms with E-state index in [1.807, 2.05) is 34.6 Å². The lowest BCUT2D eigenvalue weighted by atomic mass is 9.82. The predicted octanol–water partition coefficient (Wildman–Crippen LogP) is 7.32. The fourth-order valence-electron chi connectivity index (χ4n) is 4.89. The van der Waals surface area contributed by atoms with Crippen molar-refractivity contribution >= 4 is 28.9 Å². The molecule has 1 aromatic heterocycles. The highest BCUT2D eigenvalue weighted by atomic mass is 35.5. The van der Waals surface area contributed by atoms with Gasteiger partial charge in [-0.05, 0) is 83.1 Å². The van der Waals surface area contributed by atoms with Crippen LogP contribution in [0.3, 0.4) is 0 Å². The van der Waals surface area contributed by atoms with E-state index in [1.165, 1.54) is 13.2 Å². The van der Waals surface area contributed by atoms with Crippen LogP contribution in [0.2, 0.25) is 5.15 Å². The first kappa shape index (κ1) is 29.2. The molecule has 0 aliphatic carbocycles. The smallest absolute Gasteiger partial charge is 0.339 e. The minimum atomic E-state index is -0.912. The zero-order valence-electron chi connectivity index (χ0n) is 23.6. The van der Waals surface area contributed by atoms with Crippen molar-refractivity contribution in [1.82, 2.24) is 4.98 Å². The molecule has 3 rings (SSSR count). The molecule has 1 unspecified atom stereocenters. The fraction of sp³-hybridized carbons (Fsp3) is 0.586. The highest BCUT2D eigenvalue weighted by Gasteiger charge is 2.36.